The number of amides is 1. The van der Waals surface area contributed by atoms with Crippen LogP contribution in [-0.2, 0) is 6.42 Å². The molecule has 1 amide bonds. The van der Waals surface area contributed by atoms with Crippen molar-refractivity contribution in [3.05, 3.63) is 106 Å². The van der Waals surface area contributed by atoms with Crippen LogP contribution in [0.15, 0.2) is 66.7 Å². The van der Waals surface area contributed by atoms with Crippen molar-refractivity contribution < 1.29 is 13.6 Å². The maximum atomic E-state index is 14.0. The van der Waals surface area contributed by atoms with Gasteiger partial charge >= 0.3 is 0 Å². The third-order valence-corrected chi connectivity index (χ3v) is 7.42. The van der Waals surface area contributed by atoms with Crippen LogP contribution in [0.25, 0.3) is 0 Å². The van der Waals surface area contributed by atoms with Gasteiger partial charge in [0.1, 0.15) is 0 Å². The van der Waals surface area contributed by atoms with Crippen molar-refractivity contribution in [2.24, 2.45) is 5.92 Å². The number of nitrogens with zero attached hydrogens (tertiary/aromatic N) is 1. The Morgan fingerprint density at radius 2 is 1.72 bits per heavy atom. The Labute approximate surface area is 213 Å². The number of rotatable bonds is 9. The molecule has 5 heteroatoms. The Morgan fingerprint density at radius 3 is 2.42 bits per heavy atom. The van der Waals surface area contributed by atoms with E-state index in [1.54, 1.807) is 6.07 Å². The molecule has 1 aliphatic rings. The number of carbonyl (C=O) groups excluding carboxylic acids is 1. The number of aryl methyl sites for hydroxylation is 2. The zero-order valence-corrected chi connectivity index (χ0v) is 21.3. The van der Waals surface area contributed by atoms with Gasteiger partial charge in [0.15, 0.2) is 11.6 Å². The molecule has 3 nitrogen and oxygen atoms in total. The summed E-state index contributed by atoms with van der Waals surface area (Å²) in [6.07, 6.45) is 4.21. The van der Waals surface area contributed by atoms with Gasteiger partial charge in [0.25, 0.3) is 5.91 Å². The van der Waals surface area contributed by atoms with E-state index in [4.69, 9.17) is 0 Å². The van der Waals surface area contributed by atoms with E-state index in [1.807, 2.05) is 32.0 Å². The van der Waals surface area contributed by atoms with E-state index in [9.17, 15) is 13.6 Å². The number of halogens is 2. The topological polar surface area (TPSA) is 32.3 Å². The molecule has 1 fully saturated rings. The van der Waals surface area contributed by atoms with Gasteiger partial charge in [-0.1, -0.05) is 54.1 Å². The summed E-state index contributed by atoms with van der Waals surface area (Å²) in [5, 5.41) is 3.04. The molecule has 0 radical (unpaired) electrons. The molecule has 1 unspecified atom stereocenters. The highest BCUT2D eigenvalue weighted by Gasteiger charge is 2.22. The van der Waals surface area contributed by atoms with Gasteiger partial charge in [0.05, 0.1) is 0 Å². The smallest absolute Gasteiger partial charge is 0.251 e. The van der Waals surface area contributed by atoms with E-state index < -0.39 is 11.6 Å². The molecule has 4 rings (SSSR count). The van der Waals surface area contributed by atoms with Crippen LogP contribution in [0, 0.1) is 31.4 Å². The quantitative estimate of drug-likeness (QED) is 0.374. The third-order valence-electron chi connectivity index (χ3n) is 7.42. The van der Waals surface area contributed by atoms with Gasteiger partial charge in [-0.25, -0.2) is 8.78 Å². The highest BCUT2D eigenvalue weighted by Crippen LogP contribution is 2.25. The fraction of sp³-hybridized carbons (Fsp3) is 0.387. The molecular formula is C31H36F2N2O. The van der Waals surface area contributed by atoms with Crippen LogP contribution in [-0.4, -0.2) is 37.0 Å². The summed E-state index contributed by atoms with van der Waals surface area (Å²) < 4.78 is 27.6. The predicted molar refractivity (Wildman–Crippen MR) is 141 cm³/mol. The monoisotopic (exact) mass is 490 g/mol. The van der Waals surface area contributed by atoms with Gasteiger partial charge in [-0.15, -0.1) is 0 Å². The van der Waals surface area contributed by atoms with E-state index >= 15 is 0 Å². The third kappa shape index (κ3) is 7.01. The molecule has 1 heterocycles. The summed E-state index contributed by atoms with van der Waals surface area (Å²) in [5.74, 6) is -1.24. The zero-order valence-electron chi connectivity index (χ0n) is 21.3. The summed E-state index contributed by atoms with van der Waals surface area (Å²) >= 11 is 0. The molecule has 0 bridgehead atoms. The average Bonchev–Trinajstić information content (AvgIpc) is 2.87. The van der Waals surface area contributed by atoms with E-state index in [2.05, 4.69) is 40.5 Å². The van der Waals surface area contributed by atoms with E-state index in [0.29, 0.717) is 23.6 Å². The van der Waals surface area contributed by atoms with Gasteiger partial charge in [-0.05, 0) is 100.0 Å². The Bertz CT molecular complexity index is 1160. The summed E-state index contributed by atoms with van der Waals surface area (Å²) in [5.41, 5.74) is 4.79. The normalized spacial score (nSPS) is 15.6. The lowest BCUT2D eigenvalue weighted by Crippen LogP contribution is -2.36. The predicted octanol–water partition coefficient (Wildman–Crippen LogP) is 6.44. The Hall–Kier alpha value is -3.05. The molecule has 1 atom stereocenters. The number of carbonyl (C=O) groups is 1. The van der Waals surface area contributed by atoms with Crippen molar-refractivity contribution in [2.75, 3.05) is 26.2 Å². The van der Waals surface area contributed by atoms with Gasteiger partial charge in [-0.3, -0.25) is 4.79 Å². The molecule has 0 spiro atoms. The molecule has 3 aromatic rings. The van der Waals surface area contributed by atoms with Crippen molar-refractivity contribution in [3.63, 3.8) is 0 Å². The standard InChI is InChI=1S/C31H36F2N2O/c1-22-8-10-28(23(2)18-22)31(36)34-21-27(26-9-11-29(32)30(33)20-26)14-17-35-15-12-25(13-16-35)19-24-6-4-3-5-7-24/h3-11,18,20,25,27H,12-17,19,21H2,1-2H3,(H,34,36). The second-order valence-electron chi connectivity index (χ2n) is 10.2. The largest absolute Gasteiger partial charge is 0.351 e. The summed E-state index contributed by atoms with van der Waals surface area (Å²) in [4.78, 5) is 15.3. The lowest BCUT2D eigenvalue weighted by Gasteiger charge is -2.33. The number of likely N-dealkylation sites (tertiary alicyclic amines) is 1. The van der Waals surface area contributed by atoms with Crippen LogP contribution in [0.4, 0.5) is 8.78 Å². The van der Waals surface area contributed by atoms with Gasteiger partial charge in [-0.2, -0.15) is 0 Å². The number of benzene rings is 3. The van der Waals surface area contributed by atoms with E-state index in [1.165, 1.54) is 17.7 Å². The van der Waals surface area contributed by atoms with Crippen LogP contribution >= 0.6 is 0 Å². The maximum Gasteiger partial charge on any atom is 0.251 e. The molecule has 36 heavy (non-hydrogen) atoms. The molecule has 1 saturated heterocycles. The first-order chi connectivity index (χ1) is 17.4. The first-order valence-corrected chi connectivity index (χ1v) is 13.0. The minimum Gasteiger partial charge on any atom is -0.351 e. The SMILES string of the molecule is Cc1ccc(C(=O)NCC(CCN2CCC(Cc3ccccc3)CC2)c2ccc(F)c(F)c2)c(C)c1. The lowest BCUT2D eigenvalue weighted by atomic mass is 9.89. The van der Waals surface area contributed by atoms with E-state index in [0.717, 1.165) is 56.4 Å². The van der Waals surface area contributed by atoms with E-state index in [-0.39, 0.29) is 11.8 Å². The molecule has 1 aliphatic heterocycles. The maximum absolute atomic E-state index is 14.0. The number of hydrogen-bond donors (Lipinski definition) is 1. The molecule has 0 saturated carbocycles. The molecule has 3 aromatic carbocycles. The lowest BCUT2D eigenvalue weighted by molar-refractivity contribution is 0.0948. The summed E-state index contributed by atoms with van der Waals surface area (Å²) in [7, 11) is 0. The molecule has 190 valence electrons. The second-order valence-corrected chi connectivity index (χ2v) is 10.2. The molecule has 0 aliphatic carbocycles. The highest BCUT2D eigenvalue weighted by molar-refractivity contribution is 5.95. The van der Waals surface area contributed by atoms with Crippen molar-refractivity contribution >= 4 is 5.91 Å². The minimum atomic E-state index is -0.850. The van der Waals surface area contributed by atoms with Crippen LogP contribution < -0.4 is 5.32 Å². The fourth-order valence-electron chi connectivity index (χ4n) is 5.23. The minimum absolute atomic E-state index is 0.100. The Balaban J connectivity index is 1.35. The summed E-state index contributed by atoms with van der Waals surface area (Å²) in [6.45, 7) is 7.24. The van der Waals surface area contributed by atoms with Gasteiger partial charge in [0, 0.05) is 18.0 Å². The van der Waals surface area contributed by atoms with Crippen molar-refractivity contribution in [1.82, 2.24) is 10.2 Å². The van der Waals surface area contributed by atoms with Crippen molar-refractivity contribution in [3.8, 4) is 0 Å². The molecular weight excluding hydrogens is 454 g/mol. The van der Waals surface area contributed by atoms with Crippen molar-refractivity contribution in [2.45, 2.75) is 45.4 Å². The van der Waals surface area contributed by atoms with Crippen LogP contribution in [0.5, 0.6) is 0 Å². The van der Waals surface area contributed by atoms with Crippen LogP contribution in [0.1, 0.15) is 57.8 Å². The highest BCUT2D eigenvalue weighted by atomic mass is 19.2. The molecule has 0 aromatic heterocycles. The van der Waals surface area contributed by atoms with Crippen molar-refractivity contribution in [1.29, 1.82) is 0 Å². The Kier molecular flexibility index (Phi) is 8.87. The Morgan fingerprint density at radius 1 is 0.972 bits per heavy atom. The van der Waals surface area contributed by atoms with Crippen LogP contribution in [0.2, 0.25) is 0 Å². The van der Waals surface area contributed by atoms with Gasteiger partial charge in [0.2, 0.25) is 0 Å². The number of nitrogens with one attached hydrogen (secondary N) is 1. The van der Waals surface area contributed by atoms with Gasteiger partial charge < -0.3 is 10.2 Å². The summed E-state index contributed by atoms with van der Waals surface area (Å²) in [6, 6.07) is 20.5. The van der Waals surface area contributed by atoms with Crippen LogP contribution in [0.3, 0.4) is 0 Å². The number of hydrogen-bond acceptors (Lipinski definition) is 2. The average molecular weight is 491 g/mol. The molecule has 1 N–H and O–H groups in total. The first-order valence-electron chi connectivity index (χ1n) is 13.0. The first kappa shape index (κ1) is 26.0. The fourth-order valence-corrected chi connectivity index (χ4v) is 5.23. The second kappa shape index (κ2) is 12.3. The number of piperidine rings is 1. The zero-order chi connectivity index (χ0) is 25.5.